The van der Waals surface area contributed by atoms with Gasteiger partial charge in [0.25, 0.3) is 0 Å². The monoisotopic (exact) mass is 355 g/mol. The van der Waals surface area contributed by atoms with E-state index in [1.54, 1.807) is 9.80 Å². The van der Waals surface area contributed by atoms with Crippen LogP contribution in [-0.4, -0.2) is 64.6 Å². The Morgan fingerprint density at radius 1 is 1.12 bits per heavy atom. The lowest BCUT2D eigenvalue weighted by atomic mass is 10.1. The van der Waals surface area contributed by atoms with Crippen LogP contribution in [-0.2, 0) is 20.9 Å². The molecule has 2 heterocycles. The largest absolute Gasteiger partial charge is 0.340 e. The molecule has 4 rings (SSSR count). The first-order valence-electron chi connectivity index (χ1n) is 9.39. The Morgan fingerprint density at radius 3 is 2.54 bits per heavy atom. The van der Waals surface area contributed by atoms with Crippen LogP contribution in [0.5, 0.6) is 0 Å². The van der Waals surface area contributed by atoms with E-state index in [1.807, 2.05) is 42.2 Å². The molecule has 2 aliphatic heterocycles. The summed E-state index contributed by atoms with van der Waals surface area (Å²) < 4.78 is 0. The van der Waals surface area contributed by atoms with Gasteiger partial charge in [-0.15, -0.1) is 0 Å². The second-order valence-corrected chi connectivity index (χ2v) is 7.92. The molecule has 1 saturated carbocycles. The van der Waals surface area contributed by atoms with E-state index < -0.39 is 6.04 Å². The molecule has 0 N–H and O–H groups in total. The normalized spacial score (nSPS) is 25.0. The van der Waals surface area contributed by atoms with Gasteiger partial charge in [-0.25, -0.2) is 0 Å². The second-order valence-electron chi connectivity index (χ2n) is 7.92. The van der Waals surface area contributed by atoms with Crippen LogP contribution in [0.2, 0.25) is 0 Å². The molecule has 0 bridgehead atoms. The van der Waals surface area contributed by atoms with Gasteiger partial charge in [0.2, 0.25) is 17.7 Å². The zero-order valence-corrected chi connectivity index (χ0v) is 15.2. The molecule has 6 heteroatoms. The second kappa shape index (κ2) is 6.41. The van der Waals surface area contributed by atoms with E-state index in [9.17, 15) is 14.4 Å². The highest BCUT2D eigenvalue weighted by Gasteiger charge is 2.48. The third-order valence-electron chi connectivity index (χ3n) is 5.92. The van der Waals surface area contributed by atoms with E-state index in [2.05, 4.69) is 0 Å². The van der Waals surface area contributed by atoms with Crippen molar-refractivity contribution in [3.8, 4) is 0 Å². The van der Waals surface area contributed by atoms with Gasteiger partial charge in [-0.3, -0.25) is 14.4 Å². The van der Waals surface area contributed by atoms with Crippen molar-refractivity contribution in [2.45, 2.75) is 38.8 Å². The van der Waals surface area contributed by atoms with Crippen molar-refractivity contribution in [2.75, 3.05) is 26.2 Å². The van der Waals surface area contributed by atoms with E-state index in [-0.39, 0.29) is 29.7 Å². The van der Waals surface area contributed by atoms with Gasteiger partial charge in [0.15, 0.2) is 0 Å². The van der Waals surface area contributed by atoms with Crippen molar-refractivity contribution in [3.63, 3.8) is 0 Å². The number of hydrogen-bond acceptors (Lipinski definition) is 3. The minimum atomic E-state index is -0.440. The number of carbonyl (C=O) groups excluding carboxylic acids is 3. The summed E-state index contributed by atoms with van der Waals surface area (Å²) in [7, 11) is 0. The smallest absolute Gasteiger partial charge is 0.246 e. The number of fused-ring (bicyclic) bond motifs is 1. The van der Waals surface area contributed by atoms with Crippen LogP contribution >= 0.6 is 0 Å². The molecule has 3 fully saturated rings. The van der Waals surface area contributed by atoms with Crippen LogP contribution in [0.1, 0.15) is 31.7 Å². The number of rotatable bonds is 3. The Labute approximate surface area is 153 Å². The van der Waals surface area contributed by atoms with E-state index in [1.165, 1.54) is 0 Å². The minimum Gasteiger partial charge on any atom is -0.340 e. The van der Waals surface area contributed by atoms with Gasteiger partial charge in [0, 0.05) is 31.6 Å². The fourth-order valence-corrected chi connectivity index (χ4v) is 3.95. The maximum absolute atomic E-state index is 13.0. The third-order valence-corrected chi connectivity index (χ3v) is 5.92. The van der Waals surface area contributed by atoms with Crippen LogP contribution in [0, 0.1) is 5.41 Å². The fourth-order valence-electron chi connectivity index (χ4n) is 3.95. The van der Waals surface area contributed by atoms with Gasteiger partial charge < -0.3 is 14.7 Å². The Balaban J connectivity index is 1.47. The summed E-state index contributed by atoms with van der Waals surface area (Å²) in [5.41, 5.74) is 0.812. The molecular weight excluding hydrogens is 330 g/mol. The highest BCUT2D eigenvalue weighted by atomic mass is 16.2. The molecule has 3 aliphatic rings. The predicted octanol–water partition coefficient (Wildman–Crippen LogP) is 1.26. The molecule has 1 unspecified atom stereocenters. The Kier molecular flexibility index (Phi) is 4.21. The fraction of sp³-hybridized carbons (Fsp3) is 0.550. The minimum absolute atomic E-state index is 0.000357. The molecule has 2 saturated heterocycles. The predicted molar refractivity (Wildman–Crippen MR) is 95.9 cm³/mol. The van der Waals surface area contributed by atoms with Crippen LogP contribution in [0.25, 0.3) is 0 Å². The maximum atomic E-state index is 13.0. The Morgan fingerprint density at radius 2 is 1.85 bits per heavy atom. The van der Waals surface area contributed by atoms with E-state index in [0.717, 1.165) is 18.4 Å². The third kappa shape index (κ3) is 3.08. The molecule has 1 aliphatic carbocycles. The van der Waals surface area contributed by atoms with Gasteiger partial charge in [0.05, 0.1) is 0 Å². The van der Waals surface area contributed by atoms with Gasteiger partial charge in [-0.2, -0.15) is 0 Å². The van der Waals surface area contributed by atoms with Gasteiger partial charge in [-0.1, -0.05) is 37.3 Å². The maximum Gasteiger partial charge on any atom is 0.246 e. The quantitative estimate of drug-likeness (QED) is 0.820. The van der Waals surface area contributed by atoms with E-state index >= 15 is 0 Å². The molecule has 6 nitrogen and oxygen atoms in total. The topological polar surface area (TPSA) is 60.9 Å². The Hall–Kier alpha value is -2.37. The zero-order valence-electron chi connectivity index (χ0n) is 15.2. The highest BCUT2D eigenvalue weighted by molar-refractivity contribution is 5.95. The van der Waals surface area contributed by atoms with Gasteiger partial charge in [0.1, 0.15) is 12.6 Å². The summed E-state index contributed by atoms with van der Waals surface area (Å²) in [5, 5.41) is 0. The first-order valence-corrected chi connectivity index (χ1v) is 9.39. The molecule has 3 amide bonds. The van der Waals surface area contributed by atoms with Crippen molar-refractivity contribution < 1.29 is 14.4 Å². The van der Waals surface area contributed by atoms with Gasteiger partial charge in [-0.05, 0) is 24.8 Å². The number of benzene rings is 1. The van der Waals surface area contributed by atoms with Crippen LogP contribution in [0.15, 0.2) is 30.3 Å². The summed E-state index contributed by atoms with van der Waals surface area (Å²) in [6, 6.07) is 9.30. The van der Waals surface area contributed by atoms with Crippen molar-refractivity contribution >= 4 is 17.7 Å². The highest BCUT2D eigenvalue weighted by Crippen LogP contribution is 2.46. The molecule has 0 radical (unpaired) electrons. The summed E-state index contributed by atoms with van der Waals surface area (Å²) >= 11 is 0. The van der Waals surface area contributed by atoms with Gasteiger partial charge >= 0.3 is 0 Å². The summed E-state index contributed by atoms with van der Waals surface area (Å²) in [5.74, 6) is 0.163. The summed E-state index contributed by atoms with van der Waals surface area (Å²) in [6.45, 7) is 4.12. The molecule has 0 aromatic heterocycles. The molecule has 138 valence electrons. The lowest BCUT2D eigenvalue weighted by Crippen LogP contribution is -2.59. The number of carbonyl (C=O) groups is 3. The standard InChI is InChI=1S/C20H25N3O3/c1-20(8-9-20)19(26)21-10-7-16-18(25)22(13-15-5-3-2-4-6-15)14-17(24)23(16)12-11-21/h2-6,16H,7-14H2,1H3. The summed E-state index contributed by atoms with van der Waals surface area (Å²) in [6.07, 6.45) is 2.41. The zero-order chi connectivity index (χ0) is 18.3. The lowest BCUT2D eigenvalue weighted by molar-refractivity contribution is -0.156. The number of hydrogen-bond donors (Lipinski definition) is 0. The first-order chi connectivity index (χ1) is 12.5. The van der Waals surface area contributed by atoms with E-state index in [0.29, 0.717) is 32.6 Å². The van der Waals surface area contributed by atoms with E-state index in [4.69, 9.17) is 0 Å². The van der Waals surface area contributed by atoms with Crippen molar-refractivity contribution in [3.05, 3.63) is 35.9 Å². The molecule has 0 spiro atoms. The Bertz CT molecular complexity index is 729. The molecule has 1 aromatic rings. The average Bonchev–Trinajstić information content (AvgIpc) is 3.42. The first kappa shape index (κ1) is 17.1. The van der Waals surface area contributed by atoms with Crippen molar-refractivity contribution in [1.29, 1.82) is 0 Å². The molecule has 1 atom stereocenters. The van der Waals surface area contributed by atoms with Crippen LogP contribution in [0.3, 0.4) is 0 Å². The van der Waals surface area contributed by atoms with Crippen LogP contribution in [0.4, 0.5) is 0 Å². The molecule has 26 heavy (non-hydrogen) atoms. The lowest BCUT2D eigenvalue weighted by Gasteiger charge is -2.39. The number of piperazine rings is 1. The number of nitrogens with zero attached hydrogens (tertiary/aromatic N) is 3. The summed E-state index contributed by atoms with van der Waals surface area (Å²) in [4.78, 5) is 43.4. The molecule has 1 aromatic carbocycles. The average molecular weight is 355 g/mol. The van der Waals surface area contributed by atoms with Crippen LogP contribution < -0.4 is 0 Å². The van der Waals surface area contributed by atoms with Crippen molar-refractivity contribution in [1.82, 2.24) is 14.7 Å². The molecular formula is C20H25N3O3. The number of amides is 3. The SMILES string of the molecule is CC1(C(=O)N2CCC3C(=O)N(Cc4ccccc4)CC(=O)N3CC2)CC1. The van der Waals surface area contributed by atoms with Crippen molar-refractivity contribution in [2.24, 2.45) is 5.41 Å².